The van der Waals surface area contributed by atoms with Crippen LogP contribution in [0.4, 0.5) is 0 Å². The van der Waals surface area contributed by atoms with Gasteiger partial charge in [0, 0.05) is 11.5 Å². The smallest absolute Gasteiger partial charge is 0.244 e. The van der Waals surface area contributed by atoms with Crippen LogP contribution >= 0.6 is 0 Å². The normalized spacial score (nSPS) is 12.1. The molecule has 0 fully saturated rings. The number of hydrogen-bond donors (Lipinski definition) is 1. The van der Waals surface area contributed by atoms with Crippen LogP contribution in [-0.2, 0) is 4.79 Å². The van der Waals surface area contributed by atoms with E-state index in [1.54, 1.807) is 0 Å². The Balaban J connectivity index is 2.86. The highest BCUT2D eigenvalue weighted by Crippen LogP contribution is 2.21. The van der Waals surface area contributed by atoms with Gasteiger partial charge in [0.25, 0.3) is 0 Å². The van der Waals surface area contributed by atoms with Gasteiger partial charge in [0.2, 0.25) is 5.91 Å². The summed E-state index contributed by atoms with van der Waals surface area (Å²) in [5.74, 6) is -0.435. The molecular weight excluding hydrogens is 162 g/mol. The van der Waals surface area contributed by atoms with E-state index in [2.05, 4.69) is 6.58 Å². The molecule has 1 rings (SSSR count). The summed E-state index contributed by atoms with van der Waals surface area (Å²) in [6, 6.07) is 9.71. The summed E-state index contributed by atoms with van der Waals surface area (Å²) >= 11 is 0. The summed E-state index contributed by atoms with van der Waals surface area (Å²) in [5, 5.41) is 0. The van der Waals surface area contributed by atoms with Gasteiger partial charge in [-0.15, -0.1) is 0 Å². The molecule has 0 bridgehead atoms. The highest BCUT2D eigenvalue weighted by atomic mass is 16.1. The van der Waals surface area contributed by atoms with Crippen LogP contribution in [-0.4, -0.2) is 5.91 Å². The zero-order valence-corrected chi connectivity index (χ0v) is 7.66. The average molecular weight is 175 g/mol. The van der Waals surface area contributed by atoms with Crippen molar-refractivity contribution in [3.05, 3.63) is 48.0 Å². The maximum absolute atomic E-state index is 10.8. The first kappa shape index (κ1) is 9.52. The lowest BCUT2D eigenvalue weighted by atomic mass is 9.94. The minimum absolute atomic E-state index is 0.00120. The molecule has 2 N–H and O–H groups in total. The van der Waals surface area contributed by atoms with Gasteiger partial charge in [-0.05, 0) is 5.56 Å². The number of carbonyl (C=O) groups is 1. The Hall–Kier alpha value is -1.57. The second kappa shape index (κ2) is 3.90. The first-order valence-corrected chi connectivity index (χ1v) is 4.16. The maximum atomic E-state index is 10.8. The molecule has 13 heavy (non-hydrogen) atoms. The Morgan fingerprint density at radius 3 is 2.38 bits per heavy atom. The zero-order chi connectivity index (χ0) is 9.84. The van der Waals surface area contributed by atoms with Crippen molar-refractivity contribution in [2.75, 3.05) is 0 Å². The number of nitrogens with two attached hydrogens (primary N) is 1. The summed E-state index contributed by atoms with van der Waals surface area (Å²) in [4.78, 5) is 10.8. The van der Waals surface area contributed by atoms with Crippen molar-refractivity contribution in [3.8, 4) is 0 Å². The van der Waals surface area contributed by atoms with Gasteiger partial charge in [0.05, 0.1) is 0 Å². The minimum Gasteiger partial charge on any atom is -0.366 e. The van der Waals surface area contributed by atoms with Crippen LogP contribution in [0.25, 0.3) is 0 Å². The first-order valence-electron chi connectivity index (χ1n) is 4.16. The van der Waals surface area contributed by atoms with Crippen LogP contribution in [0.5, 0.6) is 0 Å². The van der Waals surface area contributed by atoms with Gasteiger partial charge in [-0.3, -0.25) is 4.79 Å². The minimum atomic E-state index is -0.434. The van der Waals surface area contributed by atoms with E-state index < -0.39 is 5.91 Å². The number of primary amides is 1. The Morgan fingerprint density at radius 1 is 1.38 bits per heavy atom. The van der Waals surface area contributed by atoms with Gasteiger partial charge in [-0.1, -0.05) is 43.8 Å². The molecule has 0 unspecified atom stereocenters. The van der Waals surface area contributed by atoms with Crippen LogP contribution in [0.1, 0.15) is 18.4 Å². The van der Waals surface area contributed by atoms with Gasteiger partial charge in [-0.25, -0.2) is 0 Å². The molecule has 1 aromatic rings. The summed E-state index contributed by atoms with van der Waals surface area (Å²) in [6.07, 6.45) is 0. The molecule has 0 aliphatic heterocycles. The molecule has 0 saturated heterocycles. The number of benzene rings is 1. The van der Waals surface area contributed by atoms with E-state index in [-0.39, 0.29) is 5.92 Å². The van der Waals surface area contributed by atoms with Gasteiger partial charge in [0.1, 0.15) is 0 Å². The number of carbonyl (C=O) groups excluding carboxylic acids is 1. The van der Waals surface area contributed by atoms with Crippen LogP contribution in [0, 0.1) is 0 Å². The molecule has 0 aliphatic carbocycles. The van der Waals surface area contributed by atoms with Crippen LogP contribution < -0.4 is 5.73 Å². The Morgan fingerprint density at radius 2 is 1.92 bits per heavy atom. The average Bonchev–Trinajstić information content (AvgIpc) is 2.17. The van der Waals surface area contributed by atoms with Crippen molar-refractivity contribution in [1.82, 2.24) is 0 Å². The largest absolute Gasteiger partial charge is 0.366 e. The molecule has 68 valence electrons. The molecule has 0 aliphatic rings. The third kappa shape index (κ3) is 2.18. The number of amides is 1. The summed E-state index contributed by atoms with van der Waals surface area (Å²) in [5.41, 5.74) is 6.65. The molecule has 0 spiro atoms. The monoisotopic (exact) mass is 175 g/mol. The second-order valence-electron chi connectivity index (χ2n) is 3.02. The lowest BCUT2D eigenvalue weighted by molar-refractivity contribution is -0.114. The zero-order valence-electron chi connectivity index (χ0n) is 7.66. The third-order valence-corrected chi connectivity index (χ3v) is 2.14. The fourth-order valence-corrected chi connectivity index (χ4v) is 1.16. The van der Waals surface area contributed by atoms with E-state index in [1.807, 2.05) is 37.3 Å². The van der Waals surface area contributed by atoms with E-state index in [0.29, 0.717) is 5.57 Å². The van der Waals surface area contributed by atoms with E-state index in [0.717, 1.165) is 5.56 Å². The molecule has 1 aromatic carbocycles. The van der Waals surface area contributed by atoms with Crippen molar-refractivity contribution in [1.29, 1.82) is 0 Å². The van der Waals surface area contributed by atoms with Crippen molar-refractivity contribution in [2.24, 2.45) is 5.73 Å². The lowest BCUT2D eigenvalue weighted by Crippen LogP contribution is -2.17. The Labute approximate surface area is 78.1 Å². The topological polar surface area (TPSA) is 43.1 Å². The fraction of sp³-hybridized carbons (Fsp3) is 0.182. The highest BCUT2D eigenvalue weighted by molar-refractivity contribution is 5.92. The predicted octanol–water partition coefficient (Wildman–Crippen LogP) is 1.83. The molecule has 0 saturated carbocycles. The summed E-state index contributed by atoms with van der Waals surface area (Å²) in [7, 11) is 0. The maximum Gasteiger partial charge on any atom is 0.244 e. The van der Waals surface area contributed by atoms with Gasteiger partial charge >= 0.3 is 0 Å². The molecule has 1 atom stereocenters. The van der Waals surface area contributed by atoms with Crippen molar-refractivity contribution < 1.29 is 4.79 Å². The van der Waals surface area contributed by atoms with E-state index in [9.17, 15) is 4.79 Å². The Kier molecular flexibility index (Phi) is 2.85. The number of rotatable bonds is 3. The third-order valence-electron chi connectivity index (χ3n) is 2.14. The predicted molar refractivity (Wildman–Crippen MR) is 53.2 cm³/mol. The summed E-state index contributed by atoms with van der Waals surface area (Å²) < 4.78 is 0. The Bertz CT molecular complexity index is 316. The second-order valence-corrected chi connectivity index (χ2v) is 3.02. The fourth-order valence-electron chi connectivity index (χ4n) is 1.16. The SMILES string of the molecule is C=C(C(N)=O)[C@@H](C)c1ccccc1. The van der Waals surface area contributed by atoms with E-state index in [1.165, 1.54) is 0 Å². The standard InChI is InChI=1S/C11H13NO/c1-8(9(2)11(12)13)10-6-4-3-5-7-10/h3-8H,2H2,1H3,(H2,12,13)/t8-/m1/s1. The highest BCUT2D eigenvalue weighted by Gasteiger charge is 2.12. The molecule has 2 nitrogen and oxygen atoms in total. The van der Waals surface area contributed by atoms with Gasteiger partial charge in [0.15, 0.2) is 0 Å². The quantitative estimate of drug-likeness (QED) is 0.700. The van der Waals surface area contributed by atoms with E-state index >= 15 is 0 Å². The molecule has 0 heterocycles. The summed E-state index contributed by atoms with van der Waals surface area (Å²) in [6.45, 7) is 5.58. The number of hydrogen-bond acceptors (Lipinski definition) is 1. The van der Waals surface area contributed by atoms with Crippen molar-refractivity contribution >= 4 is 5.91 Å². The molecule has 1 amide bonds. The van der Waals surface area contributed by atoms with Crippen LogP contribution in [0.2, 0.25) is 0 Å². The van der Waals surface area contributed by atoms with Crippen LogP contribution in [0.15, 0.2) is 42.5 Å². The van der Waals surface area contributed by atoms with Crippen LogP contribution in [0.3, 0.4) is 0 Å². The molecular formula is C11H13NO. The van der Waals surface area contributed by atoms with Crippen molar-refractivity contribution in [3.63, 3.8) is 0 Å². The van der Waals surface area contributed by atoms with Gasteiger partial charge in [-0.2, -0.15) is 0 Å². The lowest BCUT2D eigenvalue weighted by Gasteiger charge is -2.11. The first-order chi connectivity index (χ1) is 6.13. The molecule has 0 aromatic heterocycles. The van der Waals surface area contributed by atoms with E-state index in [4.69, 9.17) is 5.73 Å². The van der Waals surface area contributed by atoms with Gasteiger partial charge < -0.3 is 5.73 Å². The molecule has 0 radical (unpaired) electrons. The van der Waals surface area contributed by atoms with Crippen molar-refractivity contribution in [2.45, 2.75) is 12.8 Å². The molecule has 2 heteroatoms.